The molecule has 0 spiro atoms. The van der Waals surface area contributed by atoms with Crippen LogP contribution in [0.2, 0.25) is 0 Å². The molecule has 2 amide bonds. The number of nitrogens with zero attached hydrogens (tertiary/aromatic N) is 4. The Balaban J connectivity index is 1.25. The first-order chi connectivity index (χ1) is 16.2. The van der Waals surface area contributed by atoms with Crippen LogP contribution < -0.4 is 10.6 Å². The maximum Gasteiger partial charge on any atom is 0.390 e. The molecule has 2 N–H and O–H groups in total. The van der Waals surface area contributed by atoms with Crippen molar-refractivity contribution < 1.29 is 22.4 Å². The second-order valence-corrected chi connectivity index (χ2v) is 8.92. The molecule has 34 heavy (non-hydrogen) atoms. The number of urea groups is 1. The molecule has 1 aromatic carbocycles. The van der Waals surface area contributed by atoms with E-state index in [9.17, 15) is 18.0 Å². The normalized spacial score (nSPS) is 22.4. The van der Waals surface area contributed by atoms with Gasteiger partial charge in [-0.15, -0.1) is 0 Å². The zero-order valence-electron chi connectivity index (χ0n) is 18.6. The largest absolute Gasteiger partial charge is 0.441 e. The highest BCUT2D eigenvalue weighted by Crippen LogP contribution is 2.36. The molecule has 2 saturated heterocycles. The summed E-state index contributed by atoms with van der Waals surface area (Å²) in [4.78, 5) is 27.8. The summed E-state index contributed by atoms with van der Waals surface area (Å²) in [5.41, 5.74) is 1.48. The number of rotatable bonds is 5. The first kappa shape index (κ1) is 22.6. The van der Waals surface area contributed by atoms with Gasteiger partial charge in [-0.2, -0.15) is 13.2 Å². The number of oxazole rings is 1. The first-order valence-electron chi connectivity index (χ1n) is 11.3. The molecule has 2 aromatic heterocycles. The zero-order chi connectivity index (χ0) is 23.9. The number of hydrogen-bond acceptors (Lipinski definition) is 6. The highest BCUT2D eigenvalue weighted by atomic mass is 19.4. The van der Waals surface area contributed by atoms with Gasteiger partial charge in [0.1, 0.15) is 0 Å². The van der Waals surface area contributed by atoms with Crippen LogP contribution in [0.1, 0.15) is 38.0 Å². The minimum Gasteiger partial charge on any atom is -0.441 e. The molecule has 0 saturated carbocycles. The number of fused-ring (bicyclic) bond motifs is 3. The van der Waals surface area contributed by atoms with E-state index in [0.29, 0.717) is 30.0 Å². The van der Waals surface area contributed by atoms with E-state index in [0.717, 1.165) is 23.8 Å². The summed E-state index contributed by atoms with van der Waals surface area (Å²) in [6.07, 6.45) is 1.25. The summed E-state index contributed by atoms with van der Waals surface area (Å²) in [6.45, 7) is 1.68. The third kappa shape index (κ3) is 4.84. The Bertz CT molecular complexity index is 1180. The Morgan fingerprint density at radius 2 is 1.94 bits per heavy atom. The maximum absolute atomic E-state index is 13.1. The van der Waals surface area contributed by atoms with Crippen molar-refractivity contribution in [3.05, 3.63) is 36.5 Å². The van der Waals surface area contributed by atoms with Gasteiger partial charge in [-0.25, -0.2) is 19.7 Å². The van der Waals surface area contributed by atoms with Gasteiger partial charge in [0.15, 0.2) is 11.7 Å². The van der Waals surface area contributed by atoms with Gasteiger partial charge in [-0.1, -0.05) is 12.1 Å². The van der Waals surface area contributed by atoms with E-state index >= 15 is 0 Å². The predicted octanol–water partition coefficient (Wildman–Crippen LogP) is 4.66. The SMILES string of the molecule is Cc1ncc(-c2ccc3cnc(NC(=O)N4C5CCC4CC(NCCC(F)(F)F)C5)nc3c2)o1. The van der Waals surface area contributed by atoms with Crippen LogP contribution in [0.25, 0.3) is 22.2 Å². The van der Waals surface area contributed by atoms with Gasteiger partial charge in [0.2, 0.25) is 5.95 Å². The monoisotopic (exact) mass is 474 g/mol. The lowest BCUT2D eigenvalue weighted by Crippen LogP contribution is -2.53. The lowest BCUT2D eigenvalue weighted by molar-refractivity contribution is -0.133. The molecule has 2 fully saturated rings. The molecule has 5 rings (SSSR count). The minimum absolute atomic E-state index is 0.0103. The standard InChI is InChI=1S/C23H25F3N6O2/c1-13-28-12-20(34-13)14-2-3-15-11-29-21(30-19(15)8-14)31-22(33)32-17-4-5-18(32)10-16(9-17)27-7-6-23(24,25)26/h2-3,8,11-12,16-18,27H,4-7,9-10H2,1H3,(H,29,30,31,33). The molecule has 8 nitrogen and oxygen atoms in total. The maximum atomic E-state index is 13.1. The summed E-state index contributed by atoms with van der Waals surface area (Å²) >= 11 is 0. The average molecular weight is 474 g/mol. The van der Waals surface area contributed by atoms with Crippen molar-refractivity contribution in [3.8, 4) is 11.3 Å². The summed E-state index contributed by atoms with van der Waals surface area (Å²) in [6, 6.07) is 5.32. The number of hydrogen-bond donors (Lipinski definition) is 2. The van der Waals surface area contributed by atoms with Crippen LogP contribution in [0.5, 0.6) is 0 Å². The van der Waals surface area contributed by atoms with E-state index in [-0.39, 0.29) is 36.6 Å². The highest BCUT2D eigenvalue weighted by Gasteiger charge is 2.43. The molecule has 3 aromatic rings. The summed E-state index contributed by atoms with van der Waals surface area (Å²) < 4.78 is 42.9. The quantitative estimate of drug-likeness (QED) is 0.558. The summed E-state index contributed by atoms with van der Waals surface area (Å²) in [7, 11) is 0. The molecule has 2 aliphatic heterocycles. The molecule has 2 aliphatic rings. The van der Waals surface area contributed by atoms with Gasteiger partial charge in [-0.3, -0.25) is 5.32 Å². The smallest absolute Gasteiger partial charge is 0.390 e. The Kier molecular flexibility index (Phi) is 5.88. The average Bonchev–Trinajstić information content (AvgIpc) is 3.33. The van der Waals surface area contributed by atoms with Crippen molar-refractivity contribution in [3.63, 3.8) is 0 Å². The molecule has 2 bridgehead atoms. The zero-order valence-corrected chi connectivity index (χ0v) is 18.6. The van der Waals surface area contributed by atoms with E-state index < -0.39 is 12.6 Å². The Hall–Kier alpha value is -3.21. The van der Waals surface area contributed by atoms with Gasteiger partial charge >= 0.3 is 12.2 Å². The van der Waals surface area contributed by atoms with Gasteiger partial charge in [0, 0.05) is 48.7 Å². The Morgan fingerprint density at radius 3 is 2.62 bits per heavy atom. The molecule has 180 valence electrons. The van der Waals surface area contributed by atoms with E-state index in [1.807, 2.05) is 23.1 Å². The molecule has 0 aliphatic carbocycles. The van der Waals surface area contributed by atoms with Crippen molar-refractivity contribution in [2.24, 2.45) is 0 Å². The number of carbonyl (C=O) groups is 1. The van der Waals surface area contributed by atoms with Gasteiger partial charge < -0.3 is 14.6 Å². The molecular weight excluding hydrogens is 449 g/mol. The number of amides is 2. The van der Waals surface area contributed by atoms with Crippen LogP contribution in [0.4, 0.5) is 23.9 Å². The minimum atomic E-state index is -4.17. The fourth-order valence-corrected chi connectivity index (χ4v) is 4.99. The molecule has 4 heterocycles. The third-order valence-electron chi connectivity index (χ3n) is 6.52. The summed E-state index contributed by atoms with van der Waals surface area (Å²) in [5, 5.41) is 6.64. The third-order valence-corrected chi connectivity index (χ3v) is 6.52. The van der Waals surface area contributed by atoms with Crippen LogP contribution in [0.15, 0.2) is 35.0 Å². The topological polar surface area (TPSA) is 96.2 Å². The number of alkyl halides is 3. The molecular formula is C23H25F3N6O2. The van der Waals surface area contributed by atoms with Gasteiger partial charge in [0.05, 0.1) is 18.1 Å². The number of carbonyl (C=O) groups excluding carboxylic acids is 1. The van der Waals surface area contributed by atoms with Crippen molar-refractivity contribution in [1.82, 2.24) is 25.2 Å². The number of nitrogens with one attached hydrogen (secondary N) is 2. The van der Waals surface area contributed by atoms with E-state index in [4.69, 9.17) is 4.42 Å². The lowest BCUT2D eigenvalue weighted by Gasteiger charge is -2.39. The Labute approximate surface area is 194 Å². The van der Waals surface area contributed by atoms with Crippen molar-refractivity contribution in [2.75, 3.05) is 11.9 Å². The van der Waals surface area contributed by atoms with Gasteiger partial charge in [0.25, 0.3) is 0 Å². The highest BCUT2D eigenvalue weighted by molar-refractivity contribution is 5.90. The van der Waals surface area contributed by atoms with Gasteiger partial charge in [-0.05, 0) is 31.7 Å². The van der Waals surface area contributed by atoms with Crippen LogP contribution in [-0.2, 0) is 0 Å². The summed E-state index contributed by atoms with van der Waals surface area (Å²) in [5.74, 6) is 1.40. The van der Waals surface area contributed by atoms with Crippen molar-refractivity contribution >= 4 is 22.9 Å². The van der Waals surface area contributed by atoms with E-state index in [2.05, 4.69) is 25.6 Å². The van der Waals surface area contributed by atoms with Crippen LogP contribution in [0.3, 0.4) is 0 Å². The molecule has 2 atom stereocenters. The number of benzene rings is 1. The predicted molar refractivity (Wildman–Crippen MR) is 119 cm³/mol. The van der Waals surface area contributed by atoms with Crippen LogP contribution in [-0.4, -0.2) is 56.7 Å². The van der Waals surface area contributed by atoms with Crippen LogP contribution in [0, 0.1) is 6.92 Å². The second-order valence-electron chi connectivity index (χ2n) is 8.92. The van der Waals surface area contributed by atoms with E-state index in [1.165, 1.54) is 0 Å². The molecule has 2 unspecified atom stereocenters. The van der Waals surface area contributed by atoms with E-state index in [1.54, 1.807) is 19.3 Å². The number of halogens is 3. The molecule has 0 radical (unpaired) electrons. The number of piperidine rings is 1. The fourth-order valence-electron chi connectivity index (χ4n) is 4.99. The van der Waals surface area contributed by atoms with Crippen molar-refractivity contribution in [1.29, 1.82) is 0 Å². The second kappa shape index (κ2) is 8.86. The van der Waals surface area contributed by atoms with Crippen molar-refractivity contribution in [2.45, 2.75) is 63.3 Å². The Morgan fingerprint density at radius 1 is 1.18 bits per heavy atom. The number of aromatic nitrogens is 3. The number of anilines is 1. The lowest BCUT2D eigenvalue weighted by atomic mass is 9.97. The fraction of sp³-hybridized carbons (Fsp3) is 0.478. The molecule has 11 heteroatoms. The number of aryl methyl sites for hydroxylation is 1. The van der Waals surface area contributed by atoms with Crippen LogP contribution >= 0.6 is 0 Å². The first-order valence-corrected chi connectivity index (χ1v) is 11.3.